The number of carbonyl (C=O) groups is 1. The van der Waals surface area contributed by atoms with Crippen molar-refractivity contribution in [3.8, 4) is 5.75 Å². The lowest BCUT2D eigenvalue weighted by Crippen LogP contribution is -2.20. The molecule has 0 bridgehead atoms. The van der Waals surface area contributed by atoms with Crippen molar-refractivity contribution in [2.24, 2.45) is 0 Å². The van der Waals surface area contributed by atoms with Gasteiger partial charge in [0.05, 0.1) is 30.6 Å². The maximum atomic E-state index is 12.8. The summed E-state index contributed by atoms with van der Waals surface area (Å²) in [7, 11) is 3.96. The van der Waals surface area contributed by atoms with Crippen molar-refractivity contribution in [3.05, 3.63) is 41.4 Å². The molecule has 0 spiro atoms. The average Bonchev–Trinajstić information content (AvgIpc) is 3.00. The number of fused-ring (bicyclic) bond motifs is 1. The smallest absolute Gasteiger partial charge is 0.263 e. The standard InChI is InChI=1S/C18H22ClN7O3/c1-25(2)5-6-28-7-8-29-14-3-4-21-10-13(14)23-18(27)15-16(20)24-26-11-12(19)9-22-17(15)26/h3-4,9-11H,5-8H2,1-2H3,(H2,20,24)(H,23,27). The second-order valence-electron chi connectivity index (χ2n) is 6.39. The van der Waals surface area contributed by atoms with Gasteiger partial charge in [-0.1, -0.05) is 11.6 Å². The van der Waals surface area contributed by atoms with Crippen LogP contribution in [0.15, 0.2) is 30.9 Å². The first kappa shape index (κ1) is 20.8. The molecule has 0 radical (unpaired) electrons. The number of likely N-dealkylation sites (N-methyl/N-ethyl adjacent to an activating group) is 1. The molecule has 0 aliphatic heterocycles. The molecule has 0 aliphatic carbocycles. The molecule has 1 amide bonds. The molecule has 0 aromatic carbocycles. The summed E-state index contributed by atoms with van der Waals surface area (Å²) in [6.45, 7) is 2.20. The SMILES string of the molecule is CN(C)CCOCCOc1ccncc1NC(=O)c1c(N)nn2cc(Cl)cnc12. The fraction of sp³-hybridized carbons (Fsp3) is 0.333. The fourth-order valence-electron chi connectivity index (χ4n) is 2.49. The van der Waals surface area contributed by atoms with E-state index >= 15 is 0 Å². The number of nitrogens with two attached hydrogens (primary N) is 1. The van der Waals surface area contributed by atoms with Crippen LogP contribution in [0.25, 0.3) is 5.65 Å². The van der Waals surface area contributed by atoms with E-state index in [9.17, 15) is 4.79 Å². The summed E-state index contributed by atoms with van der Waals surface area (Å²) >= 11 is 5.90. The van der Waals surface area contributed by atoms with Crippen LogP contribution in [0.2, 0.25) is 5.02 Å². The molecular weight excluding hydrogens is 398 g/mol. The van der Waals surface area contributed by atoms with Crippen LogP contribution in [0.3, 0.4) is 0 Å². The zero-order valence-corrected chi connectivity index (χ0v) is 16.9. The van der Waals surface area contributed by atoms with Gasteiger partial charge >= 0.3 is 0 Å². The van der Waals surface area contributed by atoms with Crippen LogP contribution in [0.4, 0.5) is 11.5 Å². The predicted molar refractivity (Wildman–Crippen MR) is 109 cm³/mol. The van der Waals surface area contributed by atoms with Crippen LogP contribution < -0.4 is 15.8 Å². The molecule has 0 saturated heterocycles. The number of pyridine rings is 1. The van der Waals surface area contributed by atoms with Gasteiger partial charge in [-0.05, 0) is 14.1 Å². The van der Waals surface area contributed by atoms with E-state index in [-0.39, 0.29) is 11.4 Å². The van der Waals surface area contributed by atoms with E-state index in [1.165, 1.54) is 23.1 Å². The number of ether oxygens (including phenoxy) is 2. The second kappa shape index (κ2) is 9.50. The first-order valence-electron chi connectivity index (χ1n) is 8.85. The Morgan fingerprint density at radius 1 is 1.31 bits per heavy atom. The Kier molecular flexibility index (Phi) is 6.81. The Morgan fingerprint density at radius 3 is 2.93 bits per heavy atom. The molecule has 10 nitrogen and oxygen atoms in total. The molecule has 11 heteroatoms. The number of aromatic nitrogens is 4. The molecule has 0 unspecified atom stereocenters. The Balaban J connectivity index is 1.66. The van der Waals surface area contributed by atoms with E-state index in [1.54, 1.807) is 12.3 Å². The van der Waals surface area contributed by atoms with Gasteiger partial charge in [-0.3, -0.25) is 9.78 Å². The average molecular weight is 420 g/mol. The highest BCUT2D eigenvalue weighted by atomic mass is 35.5. The minimum atomic E-state index is -0.479. The lowest BCUT2D eigenvalue weighted by atomic mass is 10.2. The van der Waals surface area contributed by atoms with Gasteiger partial charge in [0.25, 0.3) is 5.91 Å². The van der Waals surface area contributed by atoms with Gasteiger partial charge in [0.2, 0.25) is 0 Å². The number of hydrogen-bond donors (Lipinski definition) is 2. The second-order valence-corrected chi connectivity index (χ2v) is 6.83. The Morgan fingerprint density at radius 2 is 2.14 bits per heavy atom. The number of nitrogen functional groups attached to an aromatic ring is 1. The summed E-state index contributed by atoms with van der Waals surface area (Å²) in [5.74, 6) is 0.0286. The number of hydrogen-bond acceptors (Lipinski definition) is 8. The van der Waals surface area contributed by atoms with Crippen molar-refractivity contribution in [2.45, 2.75) is 0 Å². The van der Waals surface area contributed by atoms with E-state index in [4.69, 9.17) is 26.8 Å². The number of amides is 1. The molecule has 154 valence electrons. The van der Waals surface area contributed by atoms with Crippen LogP contribution in [0.5, 0.6) is 5.75 Å². The molecule has 0 saturated carbocycles. The van der Waals surface area contributed by atoms with E-state index in [1.807, 2.05) is 19.0 Å². The maximum absolute atomic E-state index is 12.8. The summed E-state index contributed by atoms with van der Waals surface area (Å²) in [5, 5.41) is 7.19. The molecular formula is C18H22ClN7O3. The third-order valence-electron chi connectivity index (χ3n) is 3.89. The minimum absolute atomic E-state index is 0.0397. The van der Waals surface area contributed by atoms with Crippen LogP contribution in [0, 0.1) is 0 Å². The summed E-state index contributed by atoms with van der Waals surface area (Å²) in [5.41, 5.74) is 6.74. The molecule has 29 heavy (non-hydrogen) atoms. The monoisotopic (exact) mass is 419 g/mol. The minimum Gasteiger partial charge on any atom is -0.489 e. The summed E-state index contributed by atoms with van der Waals surface area (Å²) in [6, 6.07) is 1.66. The van der Waals surface area contributed by atoms with E-state index in [2.05, 4.69) is 20.4 Å². The maximum Gasteiger partial charge on any atom is 0.263 e. The Bertz CT molecular complexity index is 993. The number of nitrogens with zero attached hydrogens (tertiary/aromatic N) is 5. The first-order chi connectivity index (χ1) is 14.0. The lowest BCUT2D eigenvalue weighted by Gasteiger charge is -2.13. The zero-order valence-electron chi connectivity index (χ0n) is 16.1. The van der Waals surface area contributed by atoms with Crippen molar-refractivity contribution in [3.63, 3.8) is 0 Å². The topological polar surface area (TPSA) is 120 Å². The summed E-state index contributed by atoms with van der Waals surface area (Å²) < 4.78 is 12.6. The quantitative estimate of drug-likeness (QED) is 0.501. The van der Waals surface area contributed by atoms with E-state index in [0.29, 0.717) is 41.9 Å². The highest BCUT2D eigenvalue weighted by molar-refractivity contribution is 6.30. The number of nitrogens with one attached hydrogen (secondary N) is 1. The van der Waals surface area contributed by atoms with Gasteiger partial charge in [0.15, 0.2) is 11.5 Å². The number of rotatable bonds is 9. The third kappa shape index (κ3) is 5.31. The van der Waals surface area contributed by atoms with Crippen molar-refractivity contribution < 1.29 is 14.3 Å². The molecule has 0 atom stereocenters. The summed E-state index contributed by atoms with van der Waals surface area (Å²) in [4.78, 5) is 23.0. The number of carbonyl (C=O) groups excluding carboxylic acids is 1. The predicted octanol–water partition coefficient (Wildman–Crippen LogP) is 1.57. The zero-order chi connectivity index (χ0) is 20.8. The van der Waals surface area contributed by atoms with Gasteiger partial charge in [-0.15, -0.1) is 5.10 Å². The molecule has 3 heterocycles. The number of halogens is 1. The van der Waals surface area contributed by atoms with E-state index in [0.717, 1.165) is 6.54 Å². The molecule has 3 N–H and O–H groups in total. The fourth-order valence-corrected chi connectivity index (χ4v) is 2.63. The van der Waals surface area contributed by atoms with Crippen LogP contribution in [-0.4, -0.2) is 70.8 Å². The van der Waals surface area contributed by atoms with Gasteiger partial charge in [0, 0.05) is 25.0 Å². The van der Waals surface area contributed by atoms with Crippen molar-refractivity contribution in [1.82, 2.24) is 24.5 Å². The highest BCUT2D eigenvalue weighted by Gasteiger charge is 2.20. The Labute approximate surface area is 172 Å². The molecule has 3 rings (SSSR count). The van der Waals surface area contributed by atoms with Crippen molar-refractivity contribution in [1.29, 1.82) is 0 Å². The summed E-state index contributed by atoms with van der Waals surface area (Å²) in [6.07, 6.45) is 6.01. The van der Waals surface area contributed by atoms with Crippen molar-refractivity contribution >= 4 is 34.7 Å². The van der Waals surface area contributed by atoms with Gasteiger partial charge in [-0.25, -0.2) is 9.50 Å². The van der Waals surface area contributed by atoms with Gasteiger partial charge in [-0.2, -0.15) is 0 Å². The first-order valence-corrected chi connectivity index (χ1v) is 9.23. The van der Waals surface area contributed by atoms with Crippen LogP contribution >= 0.6 is 11.6 Å². The lowest BCUT2D eigenvalue weighted by molar-refractivity contribution is 0.0891. The van der Waals surface area contributed by atoms with Crippen molar-refractivity contribution in [2.75, 3.05) is 51.5 Å². The van der Waals surface area contributed by atoms with Gasteiger partial charge in [0.1, 0.15) is 23.6 Å². The largest absolute Gasteiger partial charge is 0.489 e. The number of anilines is 2. The molecule has 0 aliphatic rings. The highest BCUT2D eigenvalue weighted by Crippen LogP contribution is 2.25. The van der Waals surface area contributed by atoms with Crippen LogP contribution in [-0.2, 0) is 4.74 Å². The van der Waals surface area contributed by atoms with Gasteiger partial charge < -0.3 is 25.4 Å². The normalized spacial score (nSPS) is 11.2. The Hall–Kier alpha value is -2.95. The van der Waals surface area contributed by atoms with E-state index < -0.39 is 5.91 Å². The molecule has 3 aromatic rings. The molecule has 0 fully saturated rings. The third-order valence-corrected chi connectivity index (χ3v) is 4.09. The van der Waals surface area contributed by atoms with Crippen LogP contribution in [0.1, 0.15) is 10.4 Å². The molecule has 3 aromatic heterocycles.